The highest BCUT2D eigenvalue weighted by Gasteiger charge is 2.29. The maximum absolute atomic E-state index is 11.0. The van der Waals surface area contributed by atoms with Crippen molar-refractivity contribution in [2.75, 3.05) is 0 Å². The SMILES string of the molecule is O=C(O)[C@@H]1CC[C@H](c2cccc(OCc3ccccc3)c2)N1. The minimum atomic E-state index is -0.779. The lowest BCUT2D eigenvalue weighted by Crippen LogP contribution is -2.31. The number of hydrogen-bond donors (Lipinski definition) is 2. The van der Waals surface area contributed by atoms with E-state index in [-0.39, 0.29) is 6.04 Å². The summed E-state index contributed by atoms with van der Waals surface area (Å²) in [6, 6.07) is 17.5. The molecule has 0 unspecified atom stereocenters. The van der Waals surface area contributed by atoms with Crippen LogP contribution in [0, 0.1) is 0 Å². The van der Waals surface area contributed by atoms with Crippen molar-refractivity contribution in [1.29, 1.82) is 0 Å². The van der Waals surface area contributed by atoms with Crippen LogP contribution in [-0.4, -0.2) is 17.1 Å². The summed E-state index contributed by atoms with van der Waals surface area (Å²) in [6.07, 6.45) is 1.49. The number of benzene rings is 2. The van der Waals surface area contributed by atoms with E-state index in [0.717, 1.165) is 23.3 Å². The number of carbonyl (C=O) groups is 1. The minimum absolute atomic E-state index is 0.0846. The molecule has 0 aromatic heterocycles. The second kappa shape index (κ2) is 6.62. The Morgan fingerprint density at radius 2 is 1.95 bits per heavy atom. The number of aliphatic carboxylic acids is 1. The highest BCUT2D eigenvalue weighted by atomic mass is 16.5. The molecule has 2 atom stereocenters. The summed E-state index contributed by atoms with van der Waals surface area (Å²) in [4.78, 5) is 11.0. The fourth-order valence-corrected chi connectivity index (χ4v) is 2.76. The van der Waals surface area contributed by atoms with E-state index in [2.05, 4.69) is 5.32 Å². The van der Waals surface area contributed by atoms with Gasteiger partial charge in [0.05, 0.1) is 0 Å². The van der Waals surface area contributed by atoms with Gasteiger partial charge in [0.25, 0.3) is 0 Å². The zero-order valence-corrected chi connectivity index (χ0v) is 12.2. The van der Waals surface area contributed by atoms with Crippen LogP contribution >= 0.6 is 0 Å². The van der Waals surface area contributed by atoms with Gasteiger partial charge >= 0.3 is 5.97 Å². The molecule has 0 aliphatic carbocycles. The molecule has 4 nitrogen and oxygen atoms in total. The van der Waals surface area contributed by atoms with Gasteiger partial charge in [-0.1, -0.05) is 42.5 Å². The Kier molecular flexibility index (Phi) is 4.39. The van der Waals surface area contributed by atoms with Crippen molar-refractivity contribution in [2.24, 2.45) is 0 Å². The van der Waals surface area contributed by atoms with E-state index in [9.17, 15) is 4.79 Å². The zero-order chi connectivity index (χ0) is 15.4. The van der Waals surface area contributed by atoms with Gasteiger partial charge in [0.2, 0.25) is 0 Å². The van der Waals surface area contributed by atoms with Gasteiger partial charge in [-0.3, -0.25) is 10.1 Å². The average molecular weight is 297 g/mol. The topological polar surface area (TPSA) is 58.6 Å². The van der Waals surface area contributed by atoms with Crippen LogP contribution in [0.1, 0.15) is 30.0 Å². The average Bonchev–Trinajstić information content (AvgIpc) is 3.05. The molecule has 3 rings (SSSR count). The second-order valence-corrected chi connectivity index (χ2v) is 5.53. The lowest BCUT2D eigenvalue weighted by atomic mass is 10.1. The Bertz CT molecular complexity index is 642. The summed E-state index contributed by atoms with van der Waals surface area (Å²) in [5.74, 6) is 0.0286. The molecule has 0 amide bonds. The van der Waals surface area contributed by atoms with Gasteiger partial charge in [-0.25, -0.2) is 0 Å². The molecule has 2 aromatic rings. The summed E-state index contributed by atoms with van der Waals surface area (Å²) < 4.78 is 5.82. The van der Waals surface area contributed by atoms with Gasteiger partial charge in [0.15, 0.2) is 0 Å². The highest BCUT2D eigenvalue weighted by Crippen LogP contribution is 2.29. The monoisotopic (exact) mass is 297 g/mol. The van der Waals surface area contributed by atoms with Crippen LogP contribution in [0.2, 0.25) is 0 Å². The fraction of sp³-hybridized carbons (Fsp3) is 0.278. The van der Waals surface area contributed by atoms with Gasteiger partial charge in [-0.15, -0.1) is 0 Å². The van der Waals surface area contributed by atoms with Crippen LogP contribution in [0.25, 0.3) is 0 Å². The summed E-state index contributed by atoms with van der Waals surface area (Å²) >= 11 is 0. The van der Waals surface area contributed by atoms with Crippen molar-refractivity contribution in [2.45, 2.75) is 31.5 Å². The van der Waals surface area contributed by atoms with Crippen molar-refractivity contribution in [3.05, 3.63) is 65.7 Å². The molecule has 22 heavy (non-hydrogen) atoms. The van der Waals surface area contributed by atoms with Crippen molar-refractivity contribution < 1.29 is 14.6 Å². The van der Waals surface area contributed by atoms with Gasteiger partial charge < -0.3 is 9.84 Å². The third-order valence-electron chi connectivity index (χ3n) is 3.95. The number of rotatable bonds is 5. The molecule has 1 aliphatic heterocycles. The third-order valence-corrected chi connectivity index (χ3v) is 3.95. The fourth-order valence-electron chi connectivity index (χ4n) is 2.76. The first-order valence-electron chi connectivity index (χ1n) is 7.48. The van der Waals surface area contributed by atoms with E-state index in [1.165, 1.54) is 0 Å². The second-order valence-electron chi connectivity index (χ2n) is 5.53. The van der Waals surface area contributed by atoms with Gasteiger partial charge in [-0.05, 0) is 36.1 Å². The lowest BCUT2D eigenvalue weighted by Gasteiger charge is -2.14. The molecule has 0 saturated carbocycles. The van der Waals surface area contributed by atoms with Crippen LogP contribution < -0.4 is 10.1 Å². The highest BCUT2D eigenvalue weighted by molar-refractivity contribution is 5.74. The van der Waals surface area contributed by atoms with E-state index < -0.39 is 12.0 Å². The quantitative estimate of drug-likeness (QED) is 0.890. The van der Waals surface area contributed by atoms with Crippen LogP contribution in [0.3, 0.4) is 0 Å². The Morgan fingerprint density at radius 3 is 2.68 bits per heavy atom. The molecule has 0 spiro atoms. The minimum Gasteiger partial charge on any atom is -0.489 e. The molecule has 2 aromatic carbocycles. The predicted molar refractivity (Wildman–Crippen MR) is 83.8 cm³/mol. The lowest BCUT2D eigenvalue weighted by molar-refractivity contribution is -0.139. The molecule has 0 radical (unpaired) electrons. The molecular formula is C18H19NO3. The summed E-state index contributed by atoms with van der Waals surface area (Å²) in [5.41, 5.74) is 2.20. The largest absolute Gasteiger partial charge is 0.489 e. The molecule has 0 bridgehead atoms. The third kappa shape index (κ3) is 3.46. The first-order valence-corrected chi connectivity index (χ1v) is 7.48. The van der Waals surface area contributed by atoms with Crippen LogP contribution in [-0.2, 0) is 11.4 Å². The van der Waals surface area contributed by atoms with Crippen LogP contribution in [0.5, 0.6) is 5.75 Å². The molecule has 2 N–H and O–H groups in total. The number of carboxylic acids is 1. The number of hydrogen-bond acceptors (Lipinski definition) is 3. The Hall–Kier alpha value is -2.33. The first kappa shape index (κ1) is 14.6. The molecule has 4 heteroatoms. The Balaban J connectivity index is 1.64. The first-order chi connectivity index (χ1) is 10.7. The number of carboxylic acid groups (broad SMARTS) is 1. The summed E-state index contributed by atoms with van der Waals surface area (Å²) in [6.45, 7) is 0.528. The van der Waals surface area contributed by atoms with E-state index in [1.54, 1.807) is 0 Å². The molecular weight excluding hydrogens is 278 g/mol. The predicted octanol–water partition coefficient (Wildman–Crippen LogP) is 3.14. The molecule has 1 aliphatic rings. The van der Waals surface area contributed by atoms with Gasteiger partial charge in [0, 0.05) is 6.04 Å². The van der Waals surface area contributed by atoms with E-state index in [0.29, 0.717) is 13.0 Å². The summed E-state index contributed by atoms with van der Waals surface area (Å²) in [7, 11) is 0. The molecule has 1 fully saturated rings. The normalized spacial score (nSPS) is 20.7. The van der Waals surface area contributed by atoms with E-state index in [1.807, 2.05) is 54.6 Å². The standard InChI is InChI=1S/C18H19NO3/c20-18(21)17-10-9-16(19-17)14-7-4-8-15(11-14)22-12-13-5-2-1-3-6-13/h1-8,11,16-17,19H,9-10,12H2,(H,20,21)/t16-,17+/m1/s1. The van der Waals surface area contributed by atoms with Crippen LogP contribution in [0.4, 0.5) is 0 Å². The number of ether oxygens (including phenoxy) is 1. The molecule has 1 saturated heterocycles. The van der Waals surface area contributed by atoms with E-state index in [4.69, 9.17) is 9.84 Å². The molecule has 114 valence electrons. The van der Waals surface area contributed by atoms with Gasteiger partial charge in [0.1, 0.15) is 18.4 Å². The van der Waals surface area contributed by atoms with Crippen molar-refractivity contribution in [3.8, 4) is 5.75 Å². The number of nitrogens with one attached hydrogen (secondary N) is 1. The maximum atomic E-state index is 11.0. The van der Waals surface area contributed by atoms with Crippen molar-refractivity contribution in [1.82, 2.24) is 5.32 Å². The van der Waals surface area contributed by atoms with Crippen LogP contribution in [0.15, 0.2) is 54.6 Å². The van der Waals surface area contributed by atoms with Crippen molar-refractivity contribution >= 4 is 5.97 Å². The maximum Gasteiger partial charge on any atom is 0.320 e. The van der Waals surface area contributed by atoms with Gasteiger partial charge in [-0.2, -0.15) is 0 Å². The van der Waals surface area contributed by atoms with E-state index >= 15 is 0 Å². The Morgan fingerprint density at radius 1 is 1.14 bits per heavy atom. The zero-order valence-electron chi connectivity index (χ0n) is 12.2. The Labute approximate surface area is 129 Å². The smallest absolute Gasteiger partial charge is 0.320 e. The molecule has 1 heterocycles. The van der Waals surface area contributed by atoms with Crippen molar-refractivity contribution in [3.63, 3.8) is 0 Å². The summed E-state index contributed by atoms with van der Waals surface area (Å²) in [5, 5.41) is 12.2.